The SMILES string of the molecule is COc1ccc(C)cc1NC(=O)C(C)Sc1nnc2cc(C)c3ccccc3n12. The van der Waals surface area contributed by atoms with Crippen molar-refractivity contribution in [2.75, 3.05) is 12.4 Å². The number of carbonyl (C=O) groups is 1. The Bertz CT molecular complexity index is 1220. The summed E-state index contributed by atoms with van der Waals surface area (Å²) in [7, 11) is 1.59. The summed E-state index contributed by atoms with van der Waals surface area (Å²) in [6.45, 7) is 5.90. The van der Waals surface area contributed by atoms with Crippen LogP contribution in [0.25, 0.3) is 16.6 Å². The molecule has 2 heterocycles. The summed E-state index contributed by atoms with van der Waals surface area (Å²) >= 11 is 1.38. The van der Waals surface area contributed by atoms with Crippen molar-refractivity contribution in [3.8, 4) is 5.75 Å². The number of methoxy groups -OCH3 is 1. The van der Waals surface area contributed by atoms with Crippen molar-refractivity contribution in [1.29, 1.82) is 0 Å². The Balaban J connectivity index is 1.63. The van der Waals surface area contributed by atoms with E-state index in [2.05, 4.69) is 28.5 Å². The number of para-hydroxylation sites is 1. The van der Waals surface area contributed by atoms with Crippen LogP contribution in [0.4, 0.5) is 5.69 Å². The van der Waals surface area contributed by atoms with Crippen molar-refractivity contribution in [1.82, 2.24) is 14.6 Å². The number of hydrogen-bond acceptors (Lipinski definition) is 5. The van der Waals surface area contributed by atoms with Crippen molar-refractivity contribution in [3.05, 3.63) is 59.7 Å². The molecule has 0 spiro atoms. The quantitative estimate of drug-likeness (QED) is 0.490. The highest BCUT2D eigenvalue weighted by Gasteiger charge is 2.20. The minimum absolute atomic E-state index is 0.118. The fourth-order valence-electron chi connectivity index (χ4n) is 3.32. The van der Waals surface area contributed by atoms with Crippen LogP contribution in [-0.4, -0.2) is 32.9 Å². The molecule has 1 atom stereocenters. The number of pyridine rings is 1. The molecule has 0 fully saturated rings. The van der Waals surface area contributed by atoms with Gasteiger partial charge in [0.2, 0.25) is 5.91 Å². The van der Waals surface area contributed by atoms with E-state index in [9.17, 15) is 4.79 Å². The zero-order valence-corrected chi connectivity index (χ0v) is 17.6. The van der Waals surface area contributed by atoms with Crippen LogP contribution < -0.4 is 10.1 Å². The third-order valence-electron chi connectivity index (χ3n) is 4.84. The zero-order chi connectivity index (χ0) is 20.5. The number of aryl methyl sites for hydroxylation is 2. The van der Waals surface area contributed by atoms with Crippen LogP contribution in [0.1, 0.15) is 18.1 Å². The predicted octanol–water partition coefficient (Wildman–Crippen LogP) is 4.63. The molecule has 4 rings (SSSR count). The summed E-state index contributed by atoms with van der Waals surface area (Å²) in [5.41, 5.74) is 4.66. The molecule has 0 aliphatic heterocycles. The molecule has 0 radical (unpaired) electrons. The number of rotatable bonds is 5. The summed E-state index contributed by atoms with van der Waals surface area (Å²) in [4.78, 5) is 12.8. The molecule has 148 valence electrons. The van der Waals surface area contributed by atoms with E-state index < -0.39 is 0 Å². The largest absolute Gasteiger partial charge is 0.495 e. The maximum Gasteiger partial charge on any atom is 0.237 e. The normalized spacial score (nSPS) is 12.3. The van der Waals surface area contributed by atoms with E-state index in [-0.39, 0.29) is 11.2 Å². The van der Waals surface area contributed by atoms with Crippen LogP contribution in [0, 0.1) is 13.8 Å². The van der Waals surface area contributed by atoms with Gasteiger partial charge in [0.1, 0.15) is 5.75 Å². The van der Waals surface area contributed by atoms with Gasteiger partial charge >= 0.3 is 0 Å². The minimum atomic E-state index is -0.368. The van der Waals surface area contributed by atoms with Crippen molar-refractivity contribution in [3.63, 3.8) is 0 Å². The van der Waals surface area contributed by atoms with Gasteiger partial charge in [0, 0.05) is 5.39 Å². The molecule has 6 nitrogen and oxygen atoms in total. The average molecular weight is 407 g/mol. The van der Waals surface area contributed by atoms with E-state index in [0.717, 1.165) is 27.7 Å². The first-order valence-electron chi connectivity index (χ1n) is 9.33. The van der Waals surface area contributed by atoms with E-state index in [0.29, 0.717) is 16.6 Å². The van der Waals surface area contributed by atoms with E-state index in [1.807, 2.05) is 60.7 Å². The van der Waals surface area contributed by atoms with Crippen LogP contribution in [0.2, 0.25) is 0 Å². The number of ether oxygens (including phenoxy) is 1. The van der Waals surface area contributed by atoms with Crippen LogP contribution in [0.5, 0.6) is 5.75 Å². The highest BCUT2D eigenvalue weighted by molar-refractivity contribution is 8.00. The lowest BCUT2D eigenvalue weighted by Crippen LogP contribution is -2.23. The van der Waals surface area contributed by atoms with Crippen molar-refractivity contribution >= 4 is 39.9 Å². The summed E-state index contributed by atoms with van der Waals surface area (Å²) in [5, 5.41) is 13.1. The molecule has 2 aromatic heterocycles. The number of nitrogens with one attached hydrogen (secondary N) is 1. The second-order valence-corrected chi connectivity index (χ2v) is 8.28. The van der Waals surface area contributed by atoms with Gasteiger partial charge in [-0.25, -0.2) is 0 Å². The second kappa shape index (κ2) is 7.75. The summed E-state index contributed by atoms with van der Waals surface area (Å²) in [6, 6.07) is 15.9. The van der Waals surface area contributed by atoms with E-state index in [4.69, 9.17) is 4.74 Å². The molecule has 0 saturated heterocycles. The Hall–Kier alpha value is -3.06. The summed E-state index contributed by atoms with van der Waals surface area (Å²) in [5.74, 6) is 0.516. The van der Waals surface area contributed by atoms with Crippen LogP contribution in [-0.2, 0) is 4.79 Å². The number of anilines is 1. The Kier molecular flexibility index (Phi) is 5.15. The number of carbonyl (C=O) groups excluding carboxylic acids is 1. The molecular weight excluding hydrogens is 384 g/mol. The standard InChI is InChI=1S/C22H22N4O2S/c1-13-9-10-19(28-4)17(11-13)23-21(27)15(3)29-22-25-24-20-12-14(2)16-7-5-6-8-18(16)26(20)22/h5-12,15H,1-4H3,(H,23,27). The van der Waals surface area contributed by atoms with Crippen molar-refractivity contribution < 1.29 is 9.53 Å². The van der Waals surface area contributed by atoms with Gasteiger partial charge in [0.25, 0.3) is 0 Å². The molecule has 2 aromatic carbocycles. The summed E-state index contributed by atoms with van der Waals surface area (Å²) in [6.07, 6.45) is 0. The molecule has 0 aliphatic carbocycles. The van der Waals surface area contributed by atoms with Gasteiger partial charge in [-0.05, 0) is 56.2 Å². The molecule has 4 aromatic rings. The molecule has 1 amide bonds. The van der Waals surface area contributed by atoms with Gasteiger partial charge < -0.3 is 10.1 Å². The maximum absolute atomic E-state index is 12.8. The molecule has 1 N–H and O–H groups in total. The molecule has 1 unspecified atom stereocenters. The van der Waals surface area contributed by atoms with E-state index in [1.54, 1.807) is 7.11 Å². The highest BCUT2D eigenvalue weighted by Crippen LogP contribution is 2.30. The Morgan fingerprint density at radius 2 is 1.93 bits per heavy atom. The predicted molar refractivity (Wildman–Crippen MR) is 117 cm³/mol. The fraction of sp³-hybridized carbons (Fsp3) is 0.227. The smallest absolute Gasteiger partial charge is 0.237 e. The van der Waals surface area contributed by atoms with E-state index in [1.165, 1.54) is 11.8 Å². The lowest BCUT2D eigenvalue weighted by Gasteiger charge is -2.14. The number of nitrogens with zero attached hydrogens (tertiary/aromatic N) is 3. The monoisotopic (exact) mass is 406 g/mol. The maximum atomic E-state index is 12.8. The van der Waals surface area contributed by atoms with Gasteiger partial charge in [-0.15, -0.1) is 10.2 Å². The number of fused-ring (bicyclic) bond motifs is 3. The van der Waals surface area contributed by atoms with Gasteiger partial charge in [-0.3, -0.25) is 9.20 Å². The van der Waals surface area contributed by atoms with Gasteiger partial charge in [-0.2, -0.15) is 0 Å². The van der Waals surface area contributed by atoms with Crippen LogP contribution in [0.15, 0.2) is 53.7 Å². The Morgan fingerprint density at radius 1 is 1.14 bits per heavy atom. The van der Waals surface area contributed by atoms with Gasteiger partial charge in [0.15, 0.2) is 10.8 Å². The average Bonchev–Trinajstić information content (AvgIpc) is 3.11. The van der Waals surface area contributed by atoms with Crippen LogP contribution >= 0.6 is 11.8 Å². The number of amides is 1. The molecule has 0 bridgehead atoms. The molecule has 7 heteroatoms. The van der Waals surface area contributed by atoms with Crippen molar-refractivity contribution in [2.45, 2.75) is 31.2 Å². The zero-order valence-electron chi connectivity index (χ0n) is 16.8. The lowest BCUT2D eigenvalue weighted by molar-refractivity contribution is -0.115. The third kappa shape index (κ3) is 3.65. The molecule has 0 saturated carbocycles. The van der Waals surface area contributed by atoms with Crippen molar-refractivity contribution in [2.24, 2.45) is 0 Å². The third-order valence-corrected chi connectivity index (χ3v) is 5.88. The highest BCUT2D eigenvalue weighted by atomic mass is 32.2. The Labute approximate surface area is 173 Å². The minimum Gasteiger partial charge on any atom is -0.495 e. The molecular formula is C22H22N4O2S. The fourth-order valence-corrected chi connectivity index (χ4v) is 4.18. The number of thioether (sulfide) groups is 1. The van der Waals surface area contributed by atoms with Crippen LogP contribution in [0.3, 0.4) is 0 Å². The number of benzene rings is 2. The summed E-state index contributed by atoms with van der Waals surface area (Å²) < 4.78 is 7.36. The van der Waals surface area contributed by atoms with Gasteiger partial charge in [0.05, 0.1) is 23.6 Å². The topological polar surface area (TPSA) is 68.5 Å². The first-order valence-corrected chi connectivity index (χ1v) is 10.2. The Morgan fingerprint density at radius 3 is 2.72 bits per heavy atom. The molecule has 29 heavy (non-hydrogen) atoms. The van der Waals surface area contributed by atoms with Gasteiger partial charge in [-0.1, -0.05) is 36.0 Å². The second-order valence-electron chi connectivity index (χ2n) is 6.97. The van der Waals surface area contributed by atoms with E-state index >= 15 is 0 Å². The molecule has 0 aliphatic rings. The number of aromatic nitrogens is 3. The lowest BCUT2D eigenvalue weighted by atomic mass is 10.1. The first-order chi connectivity index (χ1) is 14.0. The first kappa shape index (κ1) is 19.3. The number of hydrogen-bond donors (Lipinski definition) is 1.